The second-order valence-electron chi connectivity index (χ2n) is 5.98. The molecule has 6 nitrogen and oxygen atoms in total. The van der Waals surface area contributed by atoms with E-state index in [4.69, 9.17) is 10.5 Å². The molecule has 130 valence electrons. The quantitative estimate of drug-likeness (QED) is 0.682. The van der Waals surface area contributed by atoms with Crippen LogP contribution in [0.25, 0.3) is 11.3 Å². The van der Waals surface area contributed by atoms with Gasteiger partial charge in [0.1, 0.15) is 5.69 Å². The molecule has 0 radical (unpaired) electrons. The first-order valence-electron chi connectivity index (χ1n) is 7.00. The second kappa shape index (κ2) is 6.14. The number of anilines is 1. The highest BCUT2D eigenvalue weighted by Gasteiger charge is 2.33. The predicted octanol–water partition coefficient (Wildman–Crippen LogP) is 2.75. The molecule has 0 aliphatic rings. The molecule has 0 atom stereocenters. The van der Waals surface area contributed by atoms with E-state index in [-0.39, 0.29) is 23.5 Å². The van der Waals surface area contributed by atoms with E-state index in [1.54, 1.807) is 13.8 Å². The van der Waals surface area contributed by atoms with Crippen LogP contribution in [-0.2, 0) is 22.3 Å². The standard InChI is InChI=1S/C15H17F3N4O2/c1-14(2,13(23)24-3)8-22-7-12(20-21-22)9-4-5-11(19)10(6-9)15(16,17)18/h4-7H,8,19H2,1-3H3. The first-order chi connectivity index (χ1) is 11.0. The zero-order valence-electron chi connectivity index (χ0n) is 13.4. The fourth-order valence-corrected chi connectivity index (χ4v) is 2.21. The Kier molecular flexibility index (Phi) is 4.54. The average molecular weight is 342 g/mol. The fourth-order valence-electron chi connectivity index (χ4n) is 2.21. The van der Waals surface area contributed by atoms with Gasteiger partial charge in [-0.15, -0.1) is 5.10 Å². The molecule has 0 unspecified atom stereocenters. The van der Waals surface area contributed by atoms with Crippen molar-refractivity contribution in [2.45, 2.75) is 26.6 Å². The summed E-state index contributed by atoms with van der Waals surface area (Å²) in [5, 5.41) is 7.72. The number of nitrogens with zero attached hydrogens (tertiary/aromatic N) is 3. The summed E-state index contributed by atoms with van der Waals surface area (Å²) in [6.45, 7) is 3.52. The van der Waals surface area contributed by atoms with Crippen molar-refractivity contribution in [2.24, 2.45) is 5.41 Å². The van der Waals surface area contributed by atoms with Crippen LogP contribution in [0.4, 0.5) is 18.9 Å². The SMILES string of the molecule is COC(=O)C(C)(C)Cn1cc(-c2ccc(N)c(C(F)(F)F)c2)nn1. The molecular formula is C15H17F3N4O2. The highest BCUT2D eigenvalue weighted by Crippen LogP contribution is 2.35. The number of hydrogen-bond donors (Lipinski definition) is 1. The number of halogens is 3. The number of carbonyl (C=O) groups excluding carboxylic acids is 1. The highest BCUT2D eigenvalue weighted by atomic mass is 19.4. The lowest BCUT2D eigenvalue weighted by Crippen LogP contribution is -2.30. The minimum Gasteiger partial charge on any atom is -0.469 e. The number of aromatic nitrogens is 3. The maximum atomic E-state index is 12.9. The molecule has 0 amide bonds. The predicted molar refractivity (Wildman–Crippen MR) is 80.7 cm³/mol. The third kappa shape index (κ3) is 3.66. The maximum absolute atomic E-state index is 12.9. The Morgan fingerprint density at radius 2 is 2.00 bits per heavy atom. The molecule has 1 aromatic carbocycles. The molecule has 0 aliphatic heterocycles. The molecular weight excluding hydrogens is 325 g/mol. The summed E-state index contributed by atoms with van der Waals surface area (Å²) < 4.78 is 44.9. The third-order valence-corrected chi connectivity index (χ3v) is 3.49. The van der Waals surface area contributed by atoms with Crippen LogP contribution in [0.15, 0.2) is 24.4 Å². The van der Waals surface area contributed by atoms with Crippen LogP contribution in [-0.4, -0.2) is 28.1 Å². The van der Waals surface area contributed by atoms with E-state index in [0.29, 0.717) is 0 Å². The summed E-state index contributed by atoms with van der Waals surface area (Å²) in [4.78, 5) is 11.7. The zero-order valence-corrected chi connectivity index (χ0v) is 13.4. The molecule has 24 heavy (non-hydrogen) atoms. The smallest absolute Gasteiger partial charge is 0.418 e. The van der Waals surface area contributed by atoms with Gasteiger partial charge in [-0.2, -0.15) is 13.2 Å². The number of nitrogen functional groups attached to an aromatic ring is 1. The molecule has 2 N–H and O–H groups in total. The van der Waals surface area contributed by atoms with E-state index in [2.05, 4.69) is 10.3 Å². The number of hydrogen-bond acceptors (Lipinski definition) is 5. The van der Waals surface area contributed by atoms with Crippen molar-refractivity contribution in [2.75, 3.05) is 12.8 Å². The Morgan fingerprint density at radius 1 is 1.33 bits per heavy atom. The Hall–Kier alpha value is -2.58. The molecule has 0 bridgehead atoms. The second-order valence-corrected chi connectivity index (χ2v) is 5.98. The van der Waals surface area contributed by atoms with Crippen molar-refractivity contribution in [3.05, 3.63) is 30.0 Å². The Bertz CT molecular complexity index is 753. The van der Waals surface area contributed by atoms with Crippen LogP contribution >= 0.6 is 0 Å². The van der Waals surface area contributed by atoms with Gasteiger partial charge >= 0.3 is 12.1 Å². The number of alkyl halides is 3. The van der Waals surface area contributed by atoms with Gasteiger partial charge in [0.2, 0.25) is 0 Å². The number of esters is 1. The zero-order chi connectivity index (χ0) is 18.1. The largest absolute Gasteiger partial charge is 0.469 e. The van der Waals surface area contributed by atoms with Gasteiger partial charge in [0, 0.05) is 11.3 Å². The summed E-state index contributed by atoms with van der Waals surface area (Å²) in [5.74, 6) is -0.425. The molecule has 0 aliphatic carbocycles. The minimum atomic E-state index is -4.55. The molecule has 0 spiro atoms. The Morgan fingerprint density at radius 3 is 2.58 bits per heavy atom. The van der Waals surface area contributed by atoms with Crippen molar-refractivity contribution in [3.63, 3.8) is 0 Å². The van der Waals surface area contributed by atoms with Crippen molar-refractivity contribution >= 4 is 11.7 Å². The number of rotatable bonds is 4. The minimum absolute atomic E-state index is 0.174. The van der Waals surface area contributed by atoms with Gasteiger partial charge < -0.3 is 10.5 Å². The Labute approximate surface area is 136 Å². The van der Waals surface area contributed by atoms with Gasteiger partial charge in [0.25, 0.3) is 0 Å². The van der Waals surface area contributed by atoms with E-state index in [9.17, 15) is 18.0 Å². The summed E-state index contributed by atoms with van der Waals surface area (Å²) >= 11 is 0. The third-order valence-electron chi connectivity index (χ3n) is 3.49. The Balaban J connectivity index is 2.30. The molecule has 0 saturated carbocycles. The van der Waals surface area contributed by atoms with Gasteiger partial charge in [0.05, 0.1) is 30.8 Å². The van der Waals surface area contributed by atoms with Crippen LogP contribution in [0, 0.1) is 5.41 Å². The van der Waals surface area contributed by atoms with Gasteiger partial charge in [-0.3, -0.25) is 9.48 Å². The normalized spacial score (nSPS) is 12.2. The molecule has 9 heteroatoms. The molecule has 1 heterocycles. The van der Waals surface area contributed by atoms with Crippen LogP contribution in [0.5, 0.6) is 0 Å². The monoisotopic (exact) mass is 342 g/mol. The van der Waals surface area contributed by atoms with Crippen molar-refractivity contribution in [3.8, 4) is 11.3 Å². The maximum Gasteiger partial charge on any atom is 0.418 e. The average Bonchev–Trinajstić information content (AvgIpc) is 2.93. The van der Waals surface area contributed by atoms with Crippen LogP contribution in [0.3, 0.4) is 0 Å². The molecule has 2 rings (SSSR count). The lowest BCUT2D eigenvalue weighted by atomic mass is 9.94. The van der Waals surface area contributed by atoms with E-state index in [1.807, 2.05) is 0 Å². The van der Waals surface area contributed by atoms with Crippen LogP contribution in [0.2, 0.25) is 0 Å². The summed E-state index contributed by atoms with van der Waals surface area (Å²) in [5.41, 5.74) is 3.73. The van der Waals surface area contributed by atoms with E-state index in [1.165, 1.54) is 30.1 Å². The number of nitrogens with two attached hydrogens (primary N) is 1. The van der Waals surface area contributed by atoms with Crippen LogP contribution in [0.1, 0.15) is 19.4 Å². The number of ether oxygens (including phenoxy) is 1. The molecule has 1 aromatic heterocycles. The number of benzene rings is 1. The van der Waals surface area contributed by atoms with E-state index in [0.717, 1.165) is 6.07 Å². The van der Waals surface area contributed by atoms with Crippen LogP contribution < -0.4 is 5.73 Å². The fraction of sp³-hybridized carbons (Fsp3) is 0.400. The van der Waals surface area contributed by atoms with Crippen molar-refractivity contribution in [1.29, 1.82) is 0 Å². The number of methoxy groups -OCH3 is 1. The summed E-state index contributed by atoms with van der Waals surface area (Å²) in [6, 6.07) is 3.54. The van der Waals surface area contributed by atoms with Gasteiger partial charge in [-0.1, -0.05) is 11.3 Å². The lowest BCUT2D eigenvalue weighted by molar-refractivity contribution is -0.151. The van der Waals surface area contributed by atoms with Gasteiger partial charge in [0.15, 0.2) is 0 Å². The topological polar surface area (TPSA) is 83.0 Å². The van der Waals surface area contributed by atoms with Crippen molar-refractivity contribution < 1.29 is 22.7 Å². The van der Waals surface area contributed by atoms with Gasteiger partial charge in [-0.05, 0) is 26.0 Å². The van der Waals surface area contributed by atoms with Gasteiger partial charge in [-0.25, -0.2) is 0 Å². The van der Waals surface area contributed by atoms with Crippen molar-refractivity contribution in [1.82, 2.24) is 15.0 Å². The van der Waals surface area contributed by atoms with E-state index >= 15 is 0 Å². The first kappa shape index (κ1) is 17.8. The molecule has 0 fully saturated rings. The summed E-state index contributed by atoms with van der Waals surface area (Å²) in [7, 11) is 1.28. The summed E-state index contributed by atoms with van der Waals surface area (Å²) in [6.07, 6.45) is -3.08. The van der Waals surface area contributed by atoms with E-state index < -0.39 is 23.1 Å². The molecule has 2 aromatic rings. The first-order valence-corrected chi connectivity index (χ1v) is 7.00. The molecule has 0 saturated heterocycles. The lowest BCUT2D eigenvalue weighted by Gasteiger charge is -2.20. The highest BCUT2D eigenvalue weighted by molar-refractivity contribution is 5.75. The number of carbonyl (C=O) groups is 1.